The Morgan fingerprint density at radius 3 is 2.17 bits per heavy atom. The molecule has 5 N–H and O–H groups in total. The van der Waals surface area contributed by atoms with Gasteiger partial charge in [0, 0.05) is 41.4 Å². The van der Waals surface area contributed by atoms with Crippen molar-refractivity contribution in [3.63, 3.8) is 0 Å². The van der Waals surface area contributed by atoms with E-state index in [4.69, 9.17) is 30.4 Å². The fraction of sp³-hybridized carbons (Fsp3) is 0.345. The number of benzene rings is 2. The SMILES string of the molecule is C[C@@H]1O[C@@H](Oc2c(O)c3c(c4cccnc24)C(=O)c2ccccc2C3=O)[C@@H](F)[C@H](OC(=O)CCN)[C@@H]1OC(=O)CCN. The predicted molar refractivity (Wildman–Crippen MR) is 144 cm³/mol. The summed E-state index contributed by atoms with van der Waals surface area (Å²) in [7, 11) is 0. The van der Waals surface area contributed by atoms with Crippen molar-refractivity contribution < 1.29 is 47.6 Å². The third kappa shape index (κ3) is 5.06. The van der Waals surface area contributed by atoms with E-state index in [1.54, 1.807) is 12.1 Å². The van der Waals surface area contributed by atoms with Gasteiger partial charge in [-0.15, -0.1) is 0 Å². The summed E-state index contributed by atoms with van der Waals surface area (Å²) in [5.74, 6) is -3.89. The highest BCUT2D eigenvalue weighted by atomic mass is 19.1. The number of nitrogens with two attached hydrogens (primary N) is 2. The van der Waals surface area contributed by atoms with E-state index < -0.39 is 65.8 Å². The minimum Gasteiger partial charge on any atom is -0.504 e. The first-order chi connectivity index (χ1) is 20.2. The number of alkyl halides is 1. The molecule has 5 atom stereocenters. The summed E-state index contributed by atoms with van der Waals surface area (Å²) in [5, 5.41) is 11.5. The summed E-state index contributed by atoms with van der Waals surface area (Å²) >= 11 is 0. The molecule has 0 bridgehead atoms. The van der Waals surface area contributed by atoms with Gasteiger partial charge in [0.05, 0.1) is 24.5 Å². The first kappa shape index (κ1) is 29.0. The van der Waals surface area contributed by atoms with E-state index in [-0.39, 0.29) is 59.1 Å². The maximum atomic E-state index is 16.1. The van der Waals surface area contributed by atoms with Crippen LogP contribution >= 0.6 is 0 Å². The van der Waals surface area contributed by atoms with Crippen molar-refractivity contribution in [3.05, 3.63) is 64.8 Å². The molecular formula is C29H28FN3O9. The molecule has 220 valence electrons. The number of aromatic nitrogens is 1. The van der Waals surface area contributed by atoms with Crippen molar-refractivity contribution in [2.24, 2.45) is 11.5 Å². The Kier molecular flexibility index (Phi) is 8.16. The van der Waals surface area contributed by atoms with Crippen LogP contribution in [-0.4, -0.2) is 77.5 Å². The Morgan fingerprint density at radius 2 is 1.55 bits per heavy atom. The van der Waals surface area contributed by atoms with Crippen molar-refractivity contribution in [1.82, 2.24) is 4.98 Å². The average molecular weight is 582 g/mol. The zero-order valence-electron chi connectivity index (χ0n) is 22.4. The van der Waals surface area contributed by atoms with Crippen LogP contribution in [0.15, 0.2) is 42.6 Å². The molecule has 1 aliphatic carbocycles. The lowest BCUT2D eigenvalue weighted by Crippen LogP contribution is -2.59. The fourth-order valence-electron chi connectivity index (χ4n) is 5.11. The molecule has 1 saturated heterocycles. The maximum absolute atomic E-state index is 16.1. The van der Waals surface area contributed by atoms with Crippen LogP contribution in [0.25, 0.3) is 10.9 Å². The van der Waals surface area contributed by atoms with Gasteiger partial charge in [-0.3, -0.25) is 24.2 Å². The van der Waals surface area contributed by atoms with Crippen LogP contribution in [-0.2, 0) is 23.8 Å². The highest BCUT2D eigenvalue weighted by Crippen LogP contribution is 2.45. The van der Waals surface area contributed by atoms with Crippen LogP contribution in [0.1, 0.15) is 51.6 Å². The number of nitrogens with zero attached hydrogens (tertiary/aromatic N) is 1. The number of hydrogen-bond donors (Lipinski definition) is 3. The van der Waals surface area contributed by atoms with Crippen molar-refractivity contribution in [1.29, 1.82) is 0 Å². The van der Waals surface area contributed by atoms with E-state index in [9.17, 15) is 24.3 Å². The quantitative estimate of drug-likeness (QED) is 0.256. The van der Waals surface area contributed by atoms with Gasteiger partial charge in [-0.25, -0.2) is 4.39 Å². The topological polar surface area (TPSA) is 190 Å². The number of hydrogen-bond acceptors (Lipinski definition) is 12. The molecule has 0 amide bonds. The van der Waals surface area contributed by atoms with Gasteiger partial charge >= 0.3 is 11.9 Å². The van der Waals surface area contributed by atoms with Crippen molar-refractivity contribution >= 4 is 34.4 Å². The Balaban J connectivity index is 1.56. The molecule has 0 unspecified atom stereocenters. The number of fused-ring (bicyclic) bond motifs is 4. The lowest BCUT2D eigenvalue weighted by atomic mass is 9.81. The molecule has 5 rings (SSSR count). The number of pyridine rings is 1. The maximum Gasteiger partial charge on any atom is 0.307 e. The van der Waals surface area contributed by atoms with E-state index in [0.717, 1.165) is 0 Å². The number of carbonyl (C=O) groups is 4. The minimum atomic E-state index is -2.24. The molecular weight excluding hydrogens is 553 g/mol. The molecule has 0 saturated carbocycles. The van der Waals surface area contributed by atoms with Gasteiger partial charge in [-0.2, -0.15) is 0 Å². The minimum absolute atomic E-state index is 0.0212. The number of carbonyl (C=O) groups excluding carboxylic acids is 4. The number of halogens is 1. The van der Waals surface area contributed by atoms with Crippen molar-refractivity contribution in [3.8, 4) is 11.5 Å². The van der Waals surface area contributed by atoms with E-state index in [1.807, 2.05) is 0 Å². The molecule has 2 heterocycles. The van der Waals surface area contributed by atoms with Crippen LogP contribution in [0, 0.1) is 0 Å². The van der Waals surface area contributed by atoms with Crippen LogP contribution in [0.3, 0.4) is 0 Å². The van der Waals surface area contributed by atoms with E-state index in [2.05, 4.69) is 4.98 Å². The second-order valence-corrected chi connectivity index (χ2v) is 9.79. The summed E-state index contributed by atoms with van der Waals surface area (Å²) in [5.41, 5.74) is 10.7. The van der Waals surface area contributed by atoms with Gasteiger partial charge in [-0.05, 0) is 13.0 Å². The lowest BCUT2D eigenvalue weighted by Gasteiger charge is -2.41. The normalized spacial score (nSPS) is 23.2. The molecule has 3 aromatic rings. The first-order valence-corrected chi connectivity index (χ1v) is 13.2. The number of phenols is 1. The molecule has 1 fully saturated rings. The van der Waals surface area contributed by atoms with Crippen molar-refractivity contribution in [2.75, 3.05) is 13.1 Å². The van der Waals surface area contributed by atoms with Gasteiger partial charge < -0.3 is 35.5 Å². The van der Waals surface area contributed by atoms with E-state index in [0.29, 0.717) is 0 Å². The summed E-state index contributed by atoms with van der Waals surface area (Å²) in [6.07, 6.45) is -7.19. The summed E-state index contributed by atoms with van der Waals surface area (Å²) < 4.78 is 38.3. The standard InChI is InChI=1S/C29H28FN3O9/c1-13-26(40-17(34)8-10-31)27(41-18(35)9-11-32)21(30)29(39-13)42-28-22-16(7-4-12-33-22)19-20(25(28)38)24(37)15-6-3-2-5-14(15)23(19)36/h2-7,12-13,21,26-27,29,38H,8-11,31-32H2,1H3/t13-,21-,26+,27-,29-/m0/s1. The van der Waals surface area contributed by atoms with Crippen LogP contribution in [0.2, 0.25) is 0 Å². The molecule has 0 spiro atoms. The smallest absolute Gasteiger partial charge is 0.307 e. The predicted octanol–water partition coefficient (Wildman–Crippen LogP) is 1.70. The molecule has 42 heavy (non-hydrogen) atoms. The second-order valence-electron chi connectivity index (χ2n) is 9.79. The van der Waals surface area contributed by atoms with E-state index in [1.165, 1.54) is 37.4 Å². The molecule has 12 nitrogen and oxygen atoms in total. The number of phenolic OH excluding ortho intramolecular Hbond substituents is 1. The number of ether oxygens (including phenoxy) is 4. The Hall–Kier alpha value is -4.46. The zero-order chi connectivity index (χ0) is 30.1. The summed E-state index contributed by atoms with van der Waals surface area (Å²) in [6.45, 7) is 1.36. The third-order valence-corrected chi connectivity index (χ3v) is 7.04. The van der Waals surface area contributed by atoms with E-state index >= 15 is 4.39 Å². The fourth-order valence-corrected chi connectivity index (χ4v) is 5.11. The number of esters is 2. The summed E-state index contributed by atoms with van der Waals surface area (Å²) in [6, 6.07) is 9.23. The Morgan fingerprint density at radius 1 is 0.952 bits per heavy atom. The van der Waals surface area contributed by atoms with Crippen LogP contribution < -0.4 is 16.2 Å². The van der Waals surface area contributed by atoms with Crippen LogP contribution in [0.5, 0.6) is 11.5 Å². The van der Waals surface area contributed by atoms with Crippen molar-refractivity contribution in [2.45, 2.75) is 50.5 Å². The zero-order valence-corrected chi connectivity index (χ0v) is 22.4. The van der Waals surface area contributed by atoms with Crippen LogP contribution in [0.4, 0.5) is 4.39 Å². The summed E-state index contributed by atoms with van der Waals surface area (Å²) in [4.78, 5) is 55.7. The molecule has 2 aromatic carbocycles. The van der Waals surface area contributed by atoms with Gasteiger partial charge in [0.2, 0.25) is 12.5 Å². The molecule has 0 radical (unpaired) electrons. The van der Waals surface area contributed by atoms with Gasteiger partial charge in [0.15, 0.2) is 35.3 Å². The third-order valence-electron chi connectivity index (χ3n) is 7.04. The van der Waals surface area contributed by atoms with Gasteiger partial charge in [-0.1, -0.05) is 30.3 Å². The molecule has 1 aliphatic heterocycles. The van der Waals surface area contributed by atoms with Gasteiger partial charge in [0.1, 0.15) is 5.52 Å². The lowest BCUT2D eigenvalue weighted by molar-refractivity contribution is -0.262. The highest BCUT2D eigenvalue weighted by Gasteiger charge is 2.51. The molecule has 2 aliphatic rings. The highest BCUT2D eigenvalue weighted by molar-refractivity contribution is 6.33. The number of aromatic hydroxyl groups is 1. The molecule has 13 heteroatoms. The Bertz CT molecular complexity index is 1580. The second kappa shape index (κ2) is 11.8. The Labute approximate surface area is 238 Å². The first-order valence-electron chi connectivity index (χ1n) is 13.2. The largest absolute Gasteiger partial charge is 0.504 e. The monoisotopic (exact) mass is 581 g/mol. The number of ketones is 2. The molecule has 1 aromatic heterocycles. The average Bonchev–Trinajstić information content (AvgIpc) is 2.97. The van der Waals surface area contributed by atoms with Gasteiger partial charge in [0.25, 0.3) is 0 Å². The number of rotatable bonds is 8.